The third-order valence-corrected chi connectivity index (χ3v) is 11.7. The second-order valence-electron chi connectivity index (χ2n) is 16.1. The van der Waals surface area contributed by atoms with Crippen LogP contribution in [0, 0.1) is 23.9 Å². The van der Waals surface area contributed by atoms with Gasteiger partial charge >= 0.3 is 0 Å². The molecule has 4 aliphatic rings. The number of unbranched alkanes of at least 4 members (excludes halogenated alkanes) is 1. The quantitative estimate of drug-likeness (QED) is 0.0878. The molecule has 0 saturated carbocycles. The Labute approximate surface area is 342 Å². The van der Waals surface area contributed by atoms with E-state index in [-0.39, 0.29) is 47.9 Å². The highest BCUT2D eigenvalue weighted by Crippen LogP contribution is 2.42. The maximum atomic E-state index is 13.6. The van der Waals surface area contributed by atoms with Crippen molar-refractivity contribution in [1.29, 1.82) is 0 Å². The predicted octanol–water partition coefficient (Wildman–Crippen LogP) is 9.90. The van der Waals surface area contributed by atoms with Gasteiger partial charge in [-0.05, 0) is 132 Å². The highest BCUT2D eigenvalue weighted by molar-refractivity contribution is 6.00. The van der Waals surface area contributed by atoms with Gasteiger partial charge in [0.1, 0.15) is 36.1 Å². The summed E-state index contributed by atoms with van der Waals surface area (Å²) in [6, 6.07) is 20.1. The van der Waals surface area contributed by atoms with E-state index in [4.69, 9.17) is 14.2 Å². The second-order valence-corrected chi connectivity index (χ2v) is 16.1. The first-order valence-corrected chi connectivity index (χ1v) is 20.7. The van der Waals surface area contributed by atoms with E-state index in [9.17, 15) is 20.1 Å². The Morgan fingerprint density at radius 2 is 1.88 bits per heavy atom. The van der Waals surface area contributed by atoms with Gasteiger partial charge < -0.3 is 34.8 Å². The van der Waals surface area contributed by atoms with Crippen molar-refractivity contribution in [3.8, 4) is 29.3 Å². The van der Waals surface area contributed by atoms with Crippen LogP contribution in [0.4, 0.5) is 5.69 Å². The molecule has 4 N–H and O–H groups in total. The van der Waals surface area contributed by atoms with Crippen molar-refractivity contribution < 1.29 is 34.3 Å². The van der Waals surface area contributed by atoms with Gasteiger partial charge in [-0.3, -0.25) is 4.79 Å². The topological polar surface area (TPSA) is 117 Å². The number of Topliss-reactive ketones (excluding diaryl/α,β-unsaturated/α-hetero) is 1. The normalized spacial score (nSPS) is 20.8. The number of fused-ring (bicyclic) bond motifs is 9. The van der Waals surface area contributed by atoms with Crippen LogP contribution in [0.5, 0.6) is 17.2 Å². The Balaban J connectivity index is 1.11. The lowest BCUT2D eigenvalue weighted by atomic mass is 9.80. The number of hydrogen-bond donors (Lipinski definition) is 4. The van der Waals surface area contributed by atoms with E-state index in [1.54, 1.807) is 20.1 Å². The zero-order valence-corrected chi connectivity index (χ0v) is 33.8. The smallest absolute Gasteiger partial charge is 0.161 e. The van der Waals surface area contributed by atoms with E-state index in [0.717, 1.165) is 70.0 Å². The zero-order valence-electron chi connectivity index (χ0n) is 33.8. The van der Waals surface area contributed by atoms with Crippen LogP contribution >= 0.6 is 0 Å². The number of carbonyl (C=O) groups excluding carboxylic acids is 1. The molecule has 0 fully saturated rings. The molecule has 8 nitrogen and oxygen atoms in total. The molecule has 8 rings (SSSR count). The molecule has 0 unspecified atom stereocenters. The van der Waals surface area contributed by atoms with Crippen molar-refractivity contribution in [2.45, 2.75) is 96.4 Å². The fourth-order valence-corrected chi connectivity index (χ4v) is 8.51. The first-order chi connectivity index (χ1) is 28.1. The molecule has 2 heterocycles. The summed E-state index contributed by atoms with van der Waals surface area (Å²) in [6.45, 7) is 4.73. The van der Waals surface area contributed by atoms with Gasteiger partial charge in [0.25, 0.3) is 0 Å². The molecule has 0 radical (unpaired) electrons. The van der Waals surface area contributed by atoms with E-state index in [2.05, 4.69) is 66.8 Å². The van der Waals surface area contributed by atoms with Gasteiger partial charge in [-0.1, -0.05) is 67.8 Å². The molecule has 0 saturated heterocycles. The van der Waals surface area contributed by atoms with Crippen LogP contribution < -0.4 is 14.8 Å². The maximum absolute atomic E-state index is 13.6. The van der Waals surface area contributed by atoms with E-state index in [0.29, 0.717) is 43.9 Å². The van der Waals surface area contributed by atoms with Crippen molar-refractivity contribution in [2.75, 3.05) is 19.0 Å². The number of methoxy groups -OCH3 is 1. The number of nitrogens with one attached hydrogen (secondary N) is 1. The molecular formula is C50H55NO7. The van der Waals surface area contributed by atoms with Gasteiger partial charge in [-0.25, -0.2) is 0 Å². The summed E-state index contributed by atoms with van der Waals surface area (Å²) in [6.07, 6.45) is 17.8. The number of phenolic OH excluding ortho intramolecular Hbond substituents is 1. The number of phenols is 1. The lowest BCUT2D eigenvalue weighted by molar-refractivity contribution is -0.121. The molecule has 5 atom stereocenters. The predicted molar refractivity (Wildman–Crippen MR) is 230 cm³/mol. The van der Waals surface area contributed by atoms with E-state index in [1.807, 2.05) is 42.5 Å². The van der Waals surface area contributed by atoms with Crippen LogP contribution in [0.25, 0.3) is 16.8 Å². The monoisotopic (exact) mass is 781 g/mol. The average molecular weight is 782 g/mol. The van der Waals surface area contributed by atoms with Gasteiger partial charge in [0.15, 0.2) is 11.5 Å². The molecule has 302 valence electrons. The number of ether oxygens (including phenoxy) is 3. The summed E-state index contributed by atoms with van der Waals surface area (Å²) in [5, 5.41) is 36.9. The van der Waals surface area contributed by atoms with Crippen molar-refractivity contribution in [2.24, 2.45) is 11.8 Å². The number of anilines is 1. The van der Waals surface area contributed by atoms with E-state index < -0.39 is 12.2 Å². The van der Waals surface area contributed by atoms with Crippen LogP contribution in [-0.2, 0) is 35.4 Å². The number of ketones is 1. The number of carbonyl (C=O) groups is 1. The zero-order chi connectivity index (χ0) is 40.6. The molecule has 4 aromatic carbocycles. The van der Waals surface area contributed by atoms with Gasteiger partial charge in [0.2, 0.25) is 0 Å². The molecule has 6 bridgehead atoms. The lowest BCUT2D eigenvalue weighted by Gasteiger charge is -2.28. The van der Waals surface area contributed by atoms with Crippen LogP contribution in [0.1, 0.15) is 91.7 Å². The Morgan fingerprint density at radius 3 is 2.72 bits per heavy atom. The number of aryl methyl sites for hydroxylation is 2. The Bertz CT molecular complexity index is 2280. The summed E-state index contributed by atoms with van der Waals surface area (Å²) >= 11 is 0. The molecule has 0 amide bonds. The summed E-state index contributed by atoms with van der Waals surface area (Å²) < 4.78 is 18.3. The molecule has 8 heteroatoms. The fourth-order valence-electron chi connectivity index (χ4n) is 8.51. The van der Waals surface area contributed by atoms with Crippen LogP contribution in [0.3, 0.4) is 0 Å². The minimum Gasteiger partial charge on any atom is -0.508 e. The van der Waals surface area contributed by atoms with Crippen molar-refractivity contribution in [1.82, 2.24) is 0 Å². The average Bonchev–Trinajstić information content (AvgIpc) is 3.21. The third-order valence-electron chi connectivity index (χ3n) is 11.7. The van der Waals surface area contributed by atoms with Crippen molar-refractivity contribution in [3.05, 3.63) is 124 Å². The van der Waals surface area contributed by atoms with Gasteiger partial charge in [0, 0.05) is 43.0 Å². The number of benzene rings is 4. The highest BCUT2D eigenvalue weighted by atomic mass is 16.5. The summed E-state index contributed by atoms with van der Waals surface area (Å²) in [5.41, 5.74) is 7.12. The fraction of sp³-hybridized carbons (Fsp3) is 0.380. The van der Waals surface area contributed by atoms with Crippen molar-refractivity contribution in [3.63, 3.8) is 0 Å². The first kappa shape index (κ1) is 40.5. The summed E-state index contributed by atoms with van der Waals surface area (Å²) in [5.74, 6) is 5.18. The van der Waals surface area contributed by atoms with Crippen molar-refractivity contribution >= 4 is 28.3 Å². The summed E-state index contributed by atoms with van der Waals surface area (Å²) in [7, 11) is 1.63. The lowest BCUT2D eigenvalue weighted by Crippen LogP contribution is -2.24. The van der Waals surface area contributed by atoms with Gasteiger partial charge in [0.05, 0.1) is 13.2 Å². The SMILES string of the molecule is COc1ccc2cc1OCc1ccc3c(c(O)cc4c3c1C=C[C@@H]4C)CC#CO[C@@H](C[C@H]1C=C(O)C=C[C@H]1CCCCc1cccc(NC[C@H](C)O)c1)CC(=O)CC2. The molecule has 0 aromatic heterocycles. The van der Waals surface area contributed by atoms with Gasteiger partial charge in [-0.15, -0.1) is 0 Å². The number of hydrogen-bond acceptors (Lipinski definition) is 8. The molecule has 58 heavy (non-hydrogen) atoms. The number of allylic oxidation sites excluding steroid dienone is 4. The molecule has 2 aliphatic heterocycles. The van der Waals surface area contributed by atoms with E-state index >= 15 is 0 Å². The molecular weight excluding hydrogens is 727 g/mol. The van der Waals surface area contributed by atoms with E-state index in [1.165, 1.54) is 5.56 Å². The minimum atomic E-state index is -0.491. The third kappa shape index (κ3) is 9.89. The minimum absolute atomic E-state index is 0.0331. The number of aliphatic hydroxyl groups excluding tert-OH is 2. The molecule has 2 aliphatic carbocycles. The Hall–Kier alpha value is -5.65. The Morgan fingerprint density at radius 1 is 1.00 bits per heavy atom. The summed E-state index contributed by atoms with van der Waals surface area (Å²) in [4.78, 5) is 13.6. The first-order valence-electron chi connectivity index (χ1n) is 20.7. The Kier molecular flexibility index (Phi) is 13.1. The number of aliphatic hydroxyl groups is 2. The van der Waals surface area contributed by atoms with Crippen LogP contribution in [0.15, 0.2) is 90.7 Å². The number of rotatable bonds is 11. The van der Waals surface area contributed by atoms with Gasteiger partial charge in [-0.2, -0.15) is 0 Å². The molecule has 4 aromatic rings. The number of aromatic hydroxyl groups is 1. The van der Waals surface area contributed by atoms with Crippen LogP contribution in [0.2, 0.25) is 0 Å². The maximum Gasteiger partial charge on any atom is 0.161 e. The standard InChI is InChI=1S/C50H55NO7/c1-32-13-20-43-37-17-21-45-44(47(55)29-46(32)50(43)45)12-7-23-57-42(28-41(54)18-14-35-15-22-48(56-3)49(25-35)58-31-37)27-38-26-40(53)19-16-36(38)10-5-4-8-34-9-6-11-39(24-34)51-30-33(2)52/h6,9,11,13,15-17,19-22,24-26,29,32-33,36,38,42,51-53,55H,4-5,8,10,12,14,18,27-28,30-31H2,1-3H3/t32-,33-,36+,38+,42-/m0/s1. The largest absolute Gasteiger partial charge is 0.508 e. The highest BCUT2D eigenvalue weighted by Gasteiger charge is 2.27. The molecule has 0 spiro atoms. The second kappa shape index (κ2) is 18.7. The van der Waals surface area contributed by atoms with Crippen LogP contribution in [-0.4, -0.2) is 47.0 Å².